The first-order chi connectivity index (χ1) is 15.4. The number of carbonyl (C=O) groups is 1. The average molecular weight is 437 g/mol. The lowest BCUT2D eigenvalue weighted by Crippen LogP contribution is -2.60. The molecule has 2 aliphatic heterocycles. The van der Waals surface area contributed by atoms with Gasteiger partial charge >= 0.3 is 0 Å². The first-order valence-electron chi connectivity index (χ1n) is 10.6. The maximum Gasteiger partial charge on any atom is 0.272 e. The number of likely N-dealkylation sites (tertiary alicyclic amines) is 2. The number of amides is 1. The Bertz CT molecular complexity index is 1350. The molecule has 32 heavy (non-hydrogen) atoms. The Hall–Kier alpha value is -3.33. The van der Waals surface area contributed by atoms with E-state index in [1.165, 1.54) is 0 Å². The van der Waals surface area contributed by atoms with E-state index in [4.69, 9.17) is 4.42 Å². The number of carbonyl (C=O) groups excluding carboxylic acids is 1. The number of hydrogen-bond donors (Lipinski definition) is 0. The number of imidazole rings is 1. The lowest BCUT2D eigenvalue weighted by Gasteiger charge is -2.42. The number of aromatic nitrogens is 3. The zero-order chi connectivity index (χ0) is 22.0. The fourth-order valence-corrected chi connectivity index (χ4v) is 4.72. The zero-order valence-corrected chi connectivity index (χ0v) is 17.5. The van der Waals surface area contributed by atoms with E-state index in [1.807, 2.05) is 43.5 Å². The molecule has 0 radical (unpaired) electrons. The summed E-state index contributed by atoms with van der Waals surface area (Å²) in [4.78, 5) is 25.5. The van der Waals surface area contributed by atoms with E-state index in [0.717, 1.165) is 22.2 Å². The van der Waals surface area contributed by atoms with Crippen molar-refractivity contribution in [2.24, 2.45) is 0 Å². The van der Waals surface area contributed by atoms with Gasteiger partial charge in [-0.1, -0.05) is 6.07 Å². The molecule has 0 spiro atoms. The second-order valence-corrected chi connectivity index (χ2v) is 8.66. The SMILES string of the molecule is Cc1nc2cc(-c3ccc4ncc(C(=O)N5CCC(N6CC(F)(F)C6)C5)n4c3)ccc2o1. The van der Waals surface area contributed by atoms with Crippen LogP contribution in [0.2, 0.25) is 0 Å². The van der Waals surface area contributed by atoms with E-state index in [0.29, 0.717) is 36.7 Å². The smallest absolute Gasteiger partial charge is 0.272 e. The second kappa shape index (κ2) is 6.83. The molecule has 9 heteroatoms. The Morgan fingerprint density at radius 3 is 2.81 bits per heavy atom. The molecule has 5 heterocycles. The van der Waals surface area contributed by atoms with Crippen LogP contribution in [0.25, 0.3) is 27.9 Å². The number of rotatable bonds is 3. The van der Waals surface area contributed by atoms with Crippen molar-refractivity contribution in [2.45, 2.75) is 25.3 Å². The number of benzene rings is 1. The molecule has 1 amide bonds. The van der Waals surface area contributed by atoms with Crippen LogP contribution in [0.3, 0.4) is 0 Å². The Morgan fingerprint density at radius 2 is 2.00 bits per heavy atom. The van der Waals surface area contributed by atoms with Crippen LogP contribution in [0, 0.1) is 6.92 Å². The molecule has 1 unspecified atom stereocenters. The Kier molecular flexibility index (Phi) is 4.13. The molecule has 4 aromatic rings. The highest BCUT2D eigenvalue weighted by Crippen LogP contribution is 2.32. The van der Waals surface area contributed by atoms with E-state index in [1.54, 1.807) is 20.4 Å². The second-order valence-electron chi connectivity index (χ2n) is 8.66. The van der Waals surface area contributed by atoms with Crippen molar-refractivity contribution in [1.82, 2.24) is 24.2 Å². The number of fused-ring (bicyclic) bond motifs is 2. The quantitative estimate of drug-likeness (QED) is 0.490. The van der Waals surface area contributed by atoms with Crippen molar-refractivity contribution < 1.29 is 18.0 Å². The van der Waals surface area contributed by atoms with Crippen LogP contribution in [-0.2, 0) is 0 Å². The van der Waals surface area contributed by atoms with Crippen LogP contribution in [0.1, 0.15) is 22.8 Å². The van der Waals surface area contributed by atoms with E-state index in [9.17, 15) is 13.6 Å². The molecule has 2 fully saturated rings. The summed E-state index contributed by atoms with van der Waals surface area (Å²) < 4.78 is 33.8. The molecule has 6 rings (SSSR count). The molecule has 7 nitrogen and oxygen atoms in total. The fourth-order valence-electron chi connectivity index (χ4n) is 4.72. The molecule has 1 atom stereocenters. The van der Waals surface area contributed by atoms with Gasteiger partial charge in [-0.15, -0.1) is 0 Å². The van der Waals surface area contributed by atoms with Gasteiger partial charge in [-0.05, 0) is 41.8 Å². The zero-order valence-electron chi connectivity index (χ0n) is 17.5. The van der Waals surface area contributed by atoms with Gasteiger partial charge in [-0.25, -0.2) is 18.7 Å². The maximum absolute atomic E-state index is 13.2. The normalized spacial score (nSPS) is 20.8. The van der Waals surface area contributed by atoms with Gasteiger partial charge in [0.15, 0.2) is 11.5 Å². The van der Waals surface area contributed by atoms with Crippen molar-refractivity contribution in [2.75, 3.05) is 26.2 Å². The number of halogens is 2. The summed E-state index contributed by atoms with van der Waals surface area (Å²) in [6, 6.07) is 9.63. The standard InChI is InChI=1S/C23H21F2N5O2/c1-14-27-18-8-15(2-4-20(18)32-14)16-3-5-21-26-9-19(30(21)10-16)22(31)28-7-6-17(11-28)29-12-23(24,25)13-29/h2-5,8-10,17H,6-7,11-13H2,1H3. The van der Waals surface area contributed by atoms with Gasteiger partial charge in [0.1, 0.15) is 16.9 Å². The van der Waals surface area contributed by atoms with E-state index in [2.05, 4.69) is 9.97 Å². The minimum Gasteiger partial charge on any atom is -0.441 e. The molecule has 2 aliphatic rings. The maximum atomic E-state index is 13.2. The number of hydrogen-bond acceptors (Lipinski definition) is 5. The number of aryl methyl sites for hydroxylation is 1. The van der Waals surface area contributed by atoms with Crippen LogP contribution in [-0.4, -0.2) is 68.2 Å². The van der Waals surface area contributed by atoms with Crippen molar-refractivity contribution in [3.05, 3.63) is 54.3 Å². The van der Waals surface area contributed by atoms with Crippen LogP contribution in [0.15, 0.2) is 47.1 Å². The van der Waals surface area contributed by atoms with Crippen LogP contribution < -0.4 is 0 Å². The fraction of sp³-hybridized carbons (Fsp3) is 0.348. The van der Waals surface area contributed by atoms with E-state index < -0.39 is 5.92 Å². The van der Waals surface area contributed by atoms with Crippen LogP contribution in [0.4, 0.5) is 8.78 Å². The minimum atomic E-state index is -2.59. The van der Waals surface area contributed by atoms with Gasteiger partial charge in [0.2, 0.25) is 0 Å². The highest BCUT2D eigenvalue weighted by atomic mass is 19.3. The van der Waals surface area contributed by atoms with Gasteiger partial charge in [0.25, 0.3) is 11.8 Å². The van der Waals surface area contributed by atoms with Gasteiger partial charge in [-0.2, -0.15) is 0 Å². The Balaban J connectivity index is 1.27. The van der Waals surface area contributed by atoms with Crippen molar-refractivity contribution in [3.8, 4) is 11.1 Å². The molecule has 164 valence electrons. The highest BCUT2D eigenvalue weighted by molar-refractivity contribution is 5.93. The molecule has 2 saturated heterocycles. The van der Waals surface area contributed by atoms with Gasteiger partial charge in [0, 0.05) is 32.3 Å². The molecule has 0 aliphatic carbocycles. The number of alkyl halides is 2. The van der Waals surface area contributed by atoms with E-state index in [-0.39, 0.29) is 25.0 Å². The van der Waals surface area contributed by atoms with Crippen LogP contribution >= 0.6 is 0 Å². The first-order valence-corrected chi connectivity index (χ1v) is 10.6. The topological polar surface area (TPSA) is 66.9 Å². The highest BCUT2D eigenvalue weighted by Gasteiger charge is 2.48. The summed E-state index contributed by atoms with van der Waals surface area (Å²) in [5, 5.41) is 0. The molecule has 0 N–H and O–H groups in total. The number of pyridine rings is 1. The molecular formula is C23H21F2N5O2. The van der Waals surface area contributed by atoms with Crippen molar-refractivity contribution in [1.29, 1.82) is 0 Å². The third kappa shape index (κ3) is 3.15. The van der Waals surface area contributed by atoms with Gasteiger partial charge in [-0.3, -0.25) is 14.1 Å². The lowest BCUT2D eigenvalue weighted by molar-refractivity contribution is -0.143. The van der Waals surface area contributed by atoms with Gasteiger partial charge < -0.3 is 9.32 Å². The third-order valence-corrected chi connectivity index (χ3v) is 6.39. The summed E-state index contributed by atoms with van der Waals surface area (Å²) in [6.07, 6.45) is 4.19. The van der Waals surface area contributed by atoms with Gasteiger partial charge in [0.05, 0.1) is 19.3 Å². The molecular weight excluding hydrogens is 416 g/mol. The molecule has 0 bridgehead atoms. The lowest BCUT2D eigenvalue weighted by atomic mass is 10.1. The summed E-state index contributed by atoms with van der Waals surface area (Å²) in [7, 11) is 0. The summed E-state index contributed by atoms with van der Waals surface area (Å²) in [5.74, 6) is -2.11. The Morgan fingerprint density at radius 1 is 1.19 bits per heavy atom. The minimum absolute atomic E-state index is 0.00837. The predicted octanol–water partition coefficient (Wildman–Crippen LogP) is 3.62. The monoisotopic (exact) mass is 437 g/mol. The molecule has 0 saturated carbocycles. The average Bonchev–Trinajstić information content (AvgIpc) is 3.47. The first kappa shape index (κ1) is 19.4. The summed E-state index contributed by atoms with van der Waals surface area (Å²) in [5.41, 5.74) is 4.54. The third-order valence-electron chi connectivity index (χ3n) is 6.39. The largest absolute Gasteiger partial charge is 0.441 e. The Labute approximate surface area is 182 Å². The molecule has 3 aromatic heterocycles. The summed E-state index contributed by atoms with van der Waals surface area (Å²) >= 11 is 0. The summed E-state index contributed by atoms with van der Waals surface area (Å²) in [6.45, 7) is 2.40. The van der Waals surface area contributed by atoms with Crippen molar-refractivity contribution in [3.63, 3.8) is 0 Å². The number of oxazole rings is 1. The van der Waals surface area contributed by atoms with Crippen molar-refractivity contribution >= 4 is 22.7 Å². The van der Waals surface area contributed by atoms with E-state index >= 15 is 0 Å². The molecule has 1 aromatic carbocycles. The number of nitrogens with zero attached hydrogens (tertiary/aromatic N) is 5. The predicted molar refractivity (Wildman–Crippen MR) is 114 cm³/mol. The van der Waals surface area contributed by atoms with Crippen LogP contribution in [0.5, 0.6) is 0 Å².